The quantitative estimate of drug-likeness (QED) is 0.214. The van der Waals surface area contributed by atoms with E-state index in [0.717, 1.165) is 23.3 Å². The number of thiazole rings is 1. The lowest BCUT2D eigenvalue weighted by Crippen LogP contribution is -2.23. The van der Waals surface area contributed by atoms with Crippen LogP contribution in [0, 0.1) is 0 Å². The topological polar surface area (TPSA) is 65.7 Å². The molecule has 6 nitrogen and oxygen atoms in total. The molecular formula is C30H37N3O3S. The van der Waals surface area contributed by atoms with E-state index in [1.165, 1.54) is 53.5 Å². The number of fused-ring (bicyclic) bond motifs is 1. The highest BCUT2D eigenvalue weighted by atomic mass is 32.1. The molecule has 0 unspecified atom stereocenters. The van der Waals surface area contributed by atoms with Crippen LogP contribution in [0.15, 0.2) is 47.3 Å². The summed E-state index contributed by atoms with van der Waals surface area (Å²) in [6.45, 7) is 9.44. The molecule has 37 heavy (non-hydrogen) atoms. The molecule has 0 bridgehead atoms. The number of hydrogen-bond acceptors (Lipinski definition) is 6. The summed E-state index contributed by atoms with van der Waals surface area (Å²) in [5, 5.41) is 4.49. The zero-order valence-corrected chi connectivity index (χ0v) is 23.4. The number of benzene rings is 2. The first-order valence-corrected chi connectivity index (χ1v) is 13.9. The van der Waals surface area contributed by atoms with Gasteiger partial charge in [0.2, 0.25) is 4.96 Å². The van der Waals surface area contributed by atoms with Crippen LogP contribution in [-0.4, -0.2) is 28.3 Å². The molecule has 2 aromatic carbocycles. The summed E-state index contributed by atoms with van der Waals surface area (Å²) in [4.78, 5) is 18.2. The lowest BCUT2D eigenvalue weighted by atomic mass is 9.87. The van der Waals surface area contributed by atoms with Gasteiger partial charge >= 0.3 is 0 Å². The molecule has 0 saturated carbocycles. The Bertz CT molecular complexity index is 1430. The van der Waals surface area contributed by atoms with E-state index in [4.69, 9.17) is 9.47 Å². The molecular weight excluding hydrogens is 482 g/mol. The Labute approximate surface area is 223 Å². The van der Waals surface area contributed by atoms with Gasteiger partial charge in [-0.2, -0.15) is 9.50 Å². The Hall–Kier alpha value is -3.19. The van der Waals surface area contributed by atoms with E-state index in [1.807, 2.05) is 36.4 Å². The molecule has 4 rings (SSSR count). The molecule has 0 N–H and O–H groups in total. The van der Waals surface area contributed by atoms with Crippen LogP contribution in [0.25, 0.3) is 22.4 Å². The third kappa shape index (κ3) is 6.58. The van der Waals surface area contributed by atoms with E-state index < -0.39 is 0 Å². The minimum atomic E-state index is -0.174. The standard InChI is InChI=1S/C30H37N3O3S/c1-6-7-8-9-10-11-18-36-24-17-12-21(19-25(24)35-5)20-26-28(34)33-29(37-26)31-27(32-33)22-13-15-23(16-14-22)30(2,3)4/h12-17,19-20H,6-11,18H2,1-5H3/b26-20-. The zero-order chi connectivity index (χ0) is 26.4. The van der Waals surface area contributed by atoms with E-state index >= 15 is 0 Å². The minimum absolute atomic E-state index is 0.0777. The van der Waals surface area contributed by atoms with E-state index in [1.54, 1.807) is 7.11 Å². The van der Waals surface area contributed by atoms with Crippen molar-refractivity contribution in [2.24, 2.45) is 0 Å². The molecule has 0 atom stereocenters. The summed E-state index contributed by atoms with van der Waals surface area (Å²) in [7, 11) is 1.63. The average molecular weight is 520 g/mol. The largest absolute Gasteiger partial charge is 0.493 e. The summed E-state index contributed by atoms with van der Waals surface area (Å²) in [6, 6.07) is 14.0. The van der Waals surface area contributed by atoms with Gasteiger partial charge in [-0.1, -0.05) is 101 Å². The number of rotatable bonds is 11. The Morgan fingerprint density at radius 3 is 2.38 bits per heavy atom. The van der Waals surface area contributed by atoms with E-state index in [0.29, 0.717) is 27.7 Å². The fourth-order valence-corrected chi connectivity index (χ4v) is 5.09. The fourth-order valence-electron chi connectivity index (χ4n) is 4.18. The lowest BCUT2D eigenvalue weighted by Gasteiger charge is -2.18. The minimum Gasteiger partial charge on any atom is -0.493 e. The molecule has 196 valence electrons. The molecule has 2 aromatic heterocycles. The van der Waals surface area contributed by atoms with Gasteiger partial charge in [0.05, 0.1) is 18.2 Å². The van der Waals surface area contributed by atoms with Gasteiger partial charge in [0.25, 0.3) is 5.56 Å². The van der Waals surface area contributed by atoms with Crippen LogP contribution in [0.2, 0.25) is 0 Å². The van der Waals surface area contributed by atoms with Crippen molar-refractivity contribution in [2.45, 2.75) is 71.6 Å². The van der Waals surface area contributed by atoms with Crippen LogP contribution >= 0.6 is 11.3 Å². The molecule has 2 heterocycles. The summed E-state index contributed by atoms with van der Waals surface area (Å²) in [5.74, 6) is 1.94. The van der Waals surface area contributed by atoms with Gasteiger partial charge in [-0.25, -0.2) is 0 Å². The maximum absolute atomic E-state index is 13.0. The highest BCUT2D eigenvalue weighted by molar-refractivity contribution is 7.15. The van der Waals surface area contributed by atoms with Crippen LogP contribution in [0.4, 0.5) is 0 Å². The van der Waals surface area contributed by atoms with Gasteiger partial charge < -0.3 is 9.47 Å². The van der Waals surface area contributed by atoms with Crippen molar-refractivity contribution >= 4 is 22.4 Å². The smallest absolute Gasteiger partial charge is 0.291 e. The SMILES string of the molecule is CCCCCCCCOc1ccc(/C=c2\sc3nc(-c4ccc(C(C)(C)C)cc4)nn3c2=O)cc1OC. The zero-order valence-electron chi connectivity index (χ0n) is 22.5. The van der Waals surface area contributed by atoms with E-state index in [9.17, 15) is 4.79 Å². The van der Waals surface area contributed by atoms with Crippen molar-refractivity contribution < 1.29 is 9.47 Å². The van der Waals surface area contributed by atoms with Gasteiger partial charge in [-0.3, -0.25) is 4.79 Å². The van der Waals surface area contributed by atoms with Crippen LogP contribution < -0.4 is 19.6 Å². The maximum Gasteiger partial charge on any atom is 0.291 e. The van der Waals surface area contributed by atoms with Crippen LogP contribution in [-0.2, 0) is 5.41 Å². The van der Waals surface area contributed by atoms with Crippen LogP contribution in [0.1, 0.15) is 77.3 Å². The summed E-state index contributed by atoms with van der Waals surface area (Å²) >= 11 is 1.33. The third-order valence-corrected chi connectivity index (χ3v) is 7.39. The molecule has 4 aromatic rings. The molecule has 0 saturated heterocycles. The Morgan fingerprint density at radius 2 is 1.70 bits per heavy atom. The number of methoxy groups -OCH3 is 1. The summed E-state index contributed by atoms with van der Waals surface area (Å²) < 4.78 is 13.5. The lowest BCUT2D eigenvalue weighted by molar-refractivity contribution is 0.284. The van der Waals surface area contributed by atoms with Gasteiger partial charge in [0.15, 0.2) is 17.3 Å². The maximum atomic E-state index is 13.0. The highest BCUT2D eigenvalue weighted by Gasteiger charge is 2.16. The third-order valence-electron chi connectivity index (χ3n) is 6.43. The second-order valence-electron chi connectivity index (χ2n) is 10.4. The van der Waals surface area contributed by atoms with E-state index in [2.05, 4.69) is 49.9 Å². The summed E-state index contributed by atoms with van der Waals surface area (Å²) in [5.41, 5.74) is 2.91. The van der Waals surface area contributed by atoms with E-state index in [-0.39, 0.29) is 11.0 Å². The molecule has 0 fully saturated rings. The first-order valence-electron chi connectivity index (χ1n) is 13.1. The predicted molar refractivity (Wildman–Crippen MR) is 152 cm³/mol. The number of aromatic nitrogens is 3. The molecule has 0 aliphatic carbocycles. The van der Waals surface area contributed by atoms with Crippen molar-refractivity contribution in [3.8, 4) is 22.9 Å². The van der Waals surface area contributed by atoms with Crippen molar-refractivity contribution in [1.29, 1.82) is 0 Å². The Balaban J connectivity index is 1.48. The van der Waals surface area contributed by atoms with Crippen molar-refractivity contribution in [2.75, 3.05) is 13.7 Å². The molecule has 0 amide bonds. The highest BCUT2D eigenvalue weighted by Crippen LogP contribution is 2.29. The Kier molecular flexibility index (Phi) is 8.64. The first-order chi connectivity index (χ1) is 17.8. The monoisotopic (exact) mass is 519 g/mol. The van der Waals surface area contributed by atoms with Crippen molar-refractivity contribution in [3.63, 3.8) is 0 Å². The number of unbranched alkanes of at least 4 members (excludes halogenated alkanes) is 5. The van der Waals surface area contributed by atoms with Crippen LogP contribution in [0.3, 0.4) is 0 Å². The second kappa shape index (κ2) is 11.9. The molecule has 0 aliphatic heterocycles. The summed E-state index contributed by atoms with van der Waals surface area (Å²) in [6.07, 6.45) is 9.17. The first kappa shape index (κ1) is 26.9. The molecule has 0 radical (unpaired) electrons. The van der Waals surface area contributed by atoms with Gasteiger partial charge in [-0.15, -0.1) is 5.10 Å². The number of hydrogen-bond donors (Lipinski definition) is 0. The van der Waals surface area contributed by atoms with Gasteiger partial charge in [0, 0.05) is 5.56 Å². The fraction of sp³-hybridized carbons (Fsp3) is 0.433. The van der Waals surface area contributed by atoms with Crippen LogP contribution in [0.5, 0.6) is 11.5 Å². The molecule has 0 spiro atoms. The van der Waals surface area contributed by atoms with Gasteiger partial charge in [0.1, 0.15) is 0 Å². The molecule has 0 aliphatic rings. The van der Waals surface area contributed by atoms with Crippen molar-refractivity contribution in [3.05, 3.63) is 68.5 Å². The normalized spacial score (nSPS) is 12.4. The Morgan fingerprint density at radius 1 is 0.973 bits per heavy atom. The van der Waals surface area contributed by atoms with Crippen molar-refractivity contribution in [1.82, 2.24) is 14.6 Å². The second-order valence-corrected chi connectivity index (χ2v) is 11.4. The predicted octanol–water partition coefficient (Wildman–Crippen LogP) is 6.41. The van der Waals surface area contributed by atoms with Gasteiger partial charge in [-0.05, 0) is 41.2 Å². The number of nitrogens with zero attached hydrogens (tertiary/aromatic N) is 3. The average Bonchev–Trinajstić information content (AvgIpc) is 3.42. The number of ether oxygens (including phenoxy) is 2. The molecule has 7 heteroatoms.